The van der Waals surface area contributed by atoms with Crippen molar-refractivity contribution in [2.75, 3.05) is 19.7 Å². The number of likely N-dealkylation sites (tertiary alicyclic amines) is 1. The van der Waals surface area contributed by atoms with Gasteiger partial charge in [0, 0.05) is 32.3 Å². The Bertz CT molecular complexity index is 405. The van der Waals surface area contributed by atoms with E-state index in [1.807, 2.05) is 7.05 Å². The van der Waals surface area contributed by atoms with Crippen LogP contribution in [-0.2, 0) is 20.0 Å². The third-order valence-corrected chi connectivity index (χ3v) is 4.20. The molecular formula is C13H22ClN3O. The van der Waals surface area contributed by atoms with E-state index in [0.717, 1.165) is 55.3 Å². The summed E-state index contributed by atoms with van der Waals surface area (Å²) in [6.45, 7) is 5.30. The van der Waals surface area contributed by atoms with E-state index >= 15 is 0 Å². The predicted octanol–water partition coefficient (Wildman–Crippen LogP) is 1.84. The highest BCUT2D eigenvalue weighted by molar-refractivity contribution is 6.30. The van der Waals surface area contributed by atoms with Crippen LogP contribution in [0, 0.1) is 5.92 Å². The second-order valence-electron chi connectivity index (χ2n) is 5.12. The molecule has 0 aromatic carbocycles. The second-order valence-corrected chi connectivity index (χ2v) is 5.48. The zero-order valence-electron chi connectivity index (χ0n) is 11.2. The van der Waals surface area contributed by atoms with E-state index in [2.05, 4.69) is 16.9 Å². The lowest BCUT2D eigenvalue weighted by molar-refractivity contribution is 0.115. The van der Waals surface area contributed by atoms with E-state index < -0.39 is 0 Å². The summed E-state index contributed by atoms with van der Waals surface area (Å²) in [7, 11) is 1.89. The Morgan fingerprint density at radius 1 is 1.50 bits per heavy atom. The number of nitrogens with zero attached hydrogens (tertiary/aromatic N) is 3. The van der Waals surface area contributed by atoms with Gasteiger partial charge in [-0.2, -0.15) is 5.10 Å². The van der Waals surface area contributed by atoms with Crippen LogP contribution in [-0.4, -0.2) is 39.5 Å². The third kappa shape index (κ3) is 2.87. The van der Waals surface area contributed by atoms with E-state index in [1.54, 1.807) is 4.68 Å². The Morgan fingerprint density at radius 2 is 2.28 bits per heavy atom. The Morgan fingerprint density at radius 3 is 2.94 bits per heavy atom. The highest BCUT2D eigenvalue weighted by atomic mass is 35.5. The molecule has 1 aliphatic rings. The summed E-state index contributed by atoms with van der Waals surface area (Å²) >= 11 is 6.31. The molecule has 1 fully saturated rings. The maximum Gasteiger partial charge on any atom is 0.131 e. The molecule has 0 saturated carbocycles. The fraction of sp³-hybridized carbons (Fsp3) is 0.769. The lowest BCUT2D eigenvalue weighted by Crippen LogP contribution is -2.36. The average molecular weight is 272 g/mol. The lowest BCUT2D eigenvalue weighted by Gasteiger charge is -2.31. The van der Waals surface area contributed by atoms with Crippen molar-refractivity contribution >= 4 is 11.6 Å². The van der Waals surface area contributed by atoms with E-state index in [9.17, 15) is 5.11 Å². The predicted molar refractivity (Wildman–Crippen MR) is 72.7 cm³/mol. The highest BCUT2D eigenvalue weighted by Crippen LogP contribution is 2.24. The van der Waals surface area contributed by atoms with Crippen LogP contribution in [0.2, 0.25) is 5.15 Å². The molecule has 1 N–H and O–H groups in total. The molecule has 1 aliphatic heterocycles. The molecule has 1 aromatic rings. The standard InChI is InChI=1S/C13H22ClN3O/c1-3-12-11(13(14)16(2)15-12)8-17-6-4-5-10(7-17)9-18/h10,18H,3-9H2,1-2H3. The Labute approximate surface area is 114 Å². The quantitative estimate of drug-likeness (QED) is 0.909. The molecule has 5 heteroatoms. The van der Waals surface area contributed by atoms with Gasteiger partial charge in [-0.15, -0.1) is 0 Å². The van der Waals surface area contributed by atoms with Crippen LogP contribution in [0.15, 0.2) is 0 Å². The molecule has 0 spiro atoms. The van der Waals surface area contributed by atoms with Gasteiger partial charge in [-0.3, -0.25) is 9.58 Å². The smallest absolute Gasteiger partial charge is 0.131 e. The first kappa shape index (κ1) is 13.8. The summed E-state index contributed by atoms with van der Waals surface area (Å²) in [5.41, 5.74) is 2.24. The highest BCUT2D eigenvalue weighted by Gasteiger charge is 2.22. The zero-order valence-corrected chi connectivity index (χ0v) is 11.9. The maximum absolute atomic E-state index is 9.27. The molecule has 2 rings (SSSR count). The summed E-state index contributed by atoms with van der Waals surface area (Å²) in [4.78, 5) is 2.38. The van der Waals surface area contributed by atoms with Crippen molar-refractivity contribution in [3.05, 3.63) is 16.4 Å². The number of halogens is 1. The molecular weight excluding hydrogens is 250 g/mol. The van der Waals surface area contributed by atoms with E-state index in [4.69, 9.17) is 11.6 Å². The number of aryl methyl sites for hydroxylation is 2. The minimum absolute atomic E-state index is 0.290. The van der Waals surface area contributed by atoms with Crippen LogP contribution in [0.4, 0.5) is 0 Å². The number of aromatic nitrogens is 2. The SMILES string of the molecule is CCc1nn(C)c(Cl)c1CN1CCCC(CO)C1. The van der Waals surface area contributed by atoms with Crippen molar-refractivity contribution in [1.29, 1.82) is 0 Å². The lowest BCUT2D eigenvalue weighted by atomic mass is 9.98. The molecule has 2 heterocycles. The second kappa shape index (κ2) is 6.04. The van der Waals surface area contributed by atoms with Crippen molar-refractivity contribution in [2.24, 2.45) is 13.0 Å². The number of rotatable bonds is 4. The summed E-state index contributed by atoms with van der Waals surface area (Å²) in [5.74, 6) is 0.416. The minimum atomic E-state index is 0.290. The molecule has 4 nitrogen and oxygen atoms in total. The molecule has 1 saturated heterocycles. The summed E-state index contributed by atoms with van der Waals surface area (Å²) in [6.07, 6.45) is 3.20. The molecule has 102 valence electrons. The molecule has 18 heavy (non-hydrogen) atoms. The van der Waals surface area contributed by atoms with Gasteiger partial charge in [0.1, 0.15) is 5.15 Å². The van der Waals surface area contributed by atoms with Crippen LogP contribution in [0.1, 0.15) is 31.0 Å². The third-order valence-electron chi connectivity index (χ3n) is 3.73. The summed E-state index contributed by atoms with van der Waals surface area (Å²) < 4.78 is 1.75. The number of aliphatic hydroxyl groups excluding tert-OH is 1. The molecule has 0 radical (unpaired) electrons. The number of hydrogen-bond donors (Lipinski definition) is 1. The van der Waals surface area contributed by atoms with Crippen molar-refractivity contribution in [3.8, 4) is 0 Å². The average Bonchev–Trinajstić information content (AvgIpc) is 2.67. The first-order valence-corrected chi connectivity index (χ1v) is 7.07. The summed E-state index contributed by atoms with van der Waals surface area (Å²) in [5, 5.41) is 14.5. The Hall–Kier alpha value is -0.580. The van der Waals surface area contributed by atoms with Gasteiger partial charge in [0.05, 0.1) is 5.69 Å². The normalized spacial score (nSPS) is 21.4. The van der Waals surface area contributed by atoms with Gasteiger partial charge in [-0.05, 0) is 31.7 Å². The maximum atomic E-state index is 9.27. The van der Waals surface area contributed by atoms with Crippen LogP contribution in [0.5, 0.6) is 0 Å². The first-order chi connectivity index (χ1) is 8.65. The van der Waals surface area contributed by atoms with Crippen LogP contribution >= 0.6 is 11.6 Å². The van der Waals surface area contributed by atoms with Gasteiger partial charge >= 0.3 is 0 Å². The van der Waals surface area contributed by atoms with Gasteiger partial charge < -0.3 is 5.11 Å². The van der Waals surface area contributed by atoms with Gasteiger partial charge in [-0.25, -0.2) is 0 Å². The minimum Gasteiger partial charge on any atom is -0.396 e. The molecule has 0 bridgehead atoms. The molecule has 1 unspecified atom stereocenters. The molecule has 0 amide bonds. The van der Waals surface area contributed by atoms with Crippen LogP contribution in [0.3, 0.4) is 0 Å². The van der Waals surface area contributed by atoms with Crippen LogP contribution < -0.4 is 0 Å². The first-order valence-electron chi connectivity index (χ1n) is 6.69. The number of hydrogen-bond acceptors (Lipinski definition) is 3. The van der Waals surface area contributed by atoms with Crippen molar-refractivity contribution < 1.29 is 5.11 Å². The van der Waals surface area contributed by atoms with E-state index in [1.165, 1.54) is 0 Å². The van der Waals surface area contributed by atoms with E-state index in [-0.39, 0.29) is 6.61 Å². The number of aliphatic hydroxyl groups is 1. The monoisotopic (exact) mass is 271 g/mol. The largest absolute Gasteiger partial charge is 0.396 e. The van der Waals surface area contributed by atoms with Gasteiger partial charge in [-0.1, -0.05) is 18.5 Å². The zero-order chi connectivity index (χ0) is 13.1. The molecule has 0 aliphatic carbocycles. The fourth-order valence-corrected chi connectivity index (χ4v) is 2.91. The number of piperidine rings is 1. The van der Waals surface area contributed by atoms with Crippen molar-refractivity contribution in [1.82, 2.24) is 14.7 Å². The van der Waals surface area contributed by atoms with Gasteiger partial charge in [0.15, 0.2) is 0 Å². The van der Waals surface area contributed by atoms with Crippen molar-refractivity contribution in [3.63, 3.8) is 0 Å². The van der Waals surface area contributed by atoms with Gasteiger partial charge in [0.2, 0.25) is 0 Å². The van der Waals surface area contributed by atoms with Crippen LogP contribution in [0.25, 0.3) is 0 Å². The van der Waals surface area contributed by atoms with Crippen molar-refractivity contribution in [2.45, 2.75) is 32.7 Å². The topological polar surface area (TPSA) is 41.3 Å². The molecule has 1 atom stereocenters. The Balaban J connectivity index is 2.08. The van der Waals surface area contributed by atoms with Gasteiger partial charge in [0.25, 0.3) is 0 Å². The van der Waals surface area contributed by atoms with E-state index in [0.29, 0.717) is 5.92 Å². The fourth-order valence-electron chi connectivity index (χ4n) is 2.71. The Kier molecular flexibility index (Phi) is 4.65. The molecule has 1 aromatic heterocycles. The summed E-state index contributed by atoms with van der Waals surface area (Å²) in [6, 6.07) is 0.